The molecule has 0 heterocycles. The summed E-state index contributed by atoms with van der Waals surface area (Å²) in [4.78, 5) is 25.6. The first-order valence-corrected chi connectivity index (χ1v) is 11.7. The van der Waals surface area contributed by atoms with Gasteiger partial charge in [0.2, 0.25) is 0 Å². The van der Waals surface area contributed by atoms with E-state index in [-0.39, 0.29) is 24.5 Å². The van der Waals surface area contributed by atoms with Crippen molar-refractivity contribution in [3.8, 4) is 0 Å². The molecule has 0 amide bonds. The monoisotopic (exact) mass is 438 g/mol. The van der Waals surface area contributed by atoms with Gasteiger partial charge in [-0.1, -0.05) is 30.2 Å². The first-order valence-electron chi connectivity index (χ1n) is 11.7. The van der Waals surface area contributed by atoms with Crippen LogP contribution in [0.1, 0.15) is 39.5 Å². The van der Waals surface area contributed by atoms with Gasteiger partial charge in [-0.05, 0) is 49.6 Å². The molecular formula is C21H32B5FO5. The maximum Gasteiger partial charge on any atom is 0.179 e. The van der Waals surface area contributed by atoms with Crippen LogP contribution in [0.2, 0.25) is 5.21 Å². The number of aliphatic hydroxyl groups is 3. The Balaban J connectivity index is 1.89. The van der Waals surface area contributed by atoms with Crippen molar-refractivity contribution in [3.63, 3.8) is 0 Å². The molecule has 7 atom stereocenters. The van der Waals surface area contributed by atoms with Gasteiger partial charge in [0.25, 0.3) is 0 Å². The molecule has 0 bridgehead atoms. The summed E-state index contributed by atoms with van der Waals surface area (Å²) in [6.07, 6.45) is 2.48. The smallest absolute Gasteiger partial charge is 0.179 e. The Morgan fingerprint density at radius 1 is 1.22 bits per heavy atom. The molecule has 3 fully saturated rings. The maximum absolute atomic E-state index is 17.4. The second kappa shape index (κ2) is 6.54. The van der Waals surface area contributed by atoms with Crippen LogP contribution in [0.15, 0.2) is 23.2 Å². The first-order chi connectivity index (χ1) is 14.4. The van der Waals surface area contributed by atoms with E-state index in [1.165, 1.54) is 21.8 Å². The molecule has 0 aromatic rings. The number of ketones is 2. The van der Waals surface area contributed by atoms with Crippen molar-refractivity contribution >= 4 is 50.8 Å². The van der Waals surface area contributed by atoms with Crippen LogP contribution >= 0.6 is 0 Å². The molecule has 4 rings (SSSR count). The summed E-state index contributed by atoms with van der Waals surface area (Å²) in [6, 6.07) is 0. The minimum atomic E-state index is -2.04. The van der Waals surface area contributed by atoms with Gasteiger partial charge < -0.3 is 15.3 Å². The van der Waals surface area contributed by atoms with E-state index < -0.39 is 50.5 Å². The molecule has 0 aromatic carbocycles. The van der Waals surface area contributed by atoms with Gasteiger partial charge in [-0.25, -0.2) is 4.39 Å². The number of halogens is 1. The Hall–Kier alpha value is -1.05. The minimum Gasteiger partial charge on any atom is -0.400 e. The number of Topliss-reactive ketones (excluding diaryl/α,β-unsaturated/α-hetero) is 1. The fourth-order valence-corrected chi connectivity index (χ4v) is 8.38. The largest absolute Gasteiger partial charge is 0.400 e. The first kappa shape index (κ1) is 24.1. The lowest BCUT2D eigenvalue weighted by molar-refractivity contribution is -0.219. The highest BCUT2D eigenvalue weighted by molar-refractivity contribution is 6.51. The molecule has 0 radical (unpaired) electrons. The standard InChI is InChI=1S/C21H32B5FO5/c1-16-5-4-11(28)13(22)14(16)19(23,24)7-10-9-3-6-18(31,15(30)21(25,26)32)17(9,2)8-12(29)20(10,16)27/h4-5,9-10,12,29,31-32H,3,6-8,22-26H2,1-2H3/t9-,10-,12-,16-,17-,18-,20-/m0/s1. The summed E-state index contributed by atoms with van der Waals surface area (Å²) in [5.41, 5.74) is -4.84. The molecular weight excluding hydrogens is 405 g/mol. The zero-order valence-corrected chi connectivity index (χ0v) is 20.3. The second-order valence-electron chi connectivity index (χ2n) is 12.4. The van der Waals surface area contributed by atoms with Gasteiger partial charge in [-0.3, -0.25) is 9.59 Å². The van der Waals surface area contributed by atoms with E-state index in [1.807, 2.05) is 15.7 Å². The van der Waals surface area contributed by atoms with E-state index in [4.69, 9.17) is 0 Å². The van der Waals surface area contributed by atoms with Crippen molar-refractivity contribution in [2.75, 3.05) is 0 Å². The average molecular weight is 438 g/mol. The van der Waals surface area contributed by atoms with E-state index in [0.717, 1.165) is 5.57 Å². The normalized spacial score (nSPS) is 47.6. The summed E-state index contributed by atoms with van der Waals surface area (Å²) in [7, 11) is 8.48. The number of allylic oxidation sites excluding steroid dienone is 4. The molecule has 3 N–H and O–H groups in total. The second-order valence-corrected chi connectivity index (χ2v) is 12.4. The Kier molecular flexibility index (Phi) is 4.93. The van der Waals surface area contributed by atoms with Crippen molar-refractivity contribution in [2.24, 2.45) is 22.7 Å². The number of carbonyl (C=O) groups is 2. The molecule has 168 valence electrons. The van der Waals surface area contributed by atoms with Crippen LogP contribution in [0.5, 0.6) is 0 Å². The summed E-state index contributed by atoms with van der Waals surface area (Å²) in [5, 5.41) is 31.2. The molecule has 32 heavy (non-hydrogen) atoms. The van der Waals surface area contributed by atoms with Crippen LogP contribution in [-0.2, 0) is 9.59 Å². The Bertz CT molecular complexity index is 976. The van der Waals surface area contributed by atoms with Gasteiger partial charge in [0.05, 0.1) is 11.5 Å². The van der Waals surface area contributed by atoms with E-state index in [2.05, 4.69) is 0 Å². The molecule has 0 saturated heterocycles. The number of alkyl halides is 1. The fraction of sp³-hybridized carbons (Fsp3) is 0.714. The SMILES string of the molecule is BC1=C2C(B)(B)C[C@H]3[C@@H]4CC[C@](O)(C(=O)C(B)(B)O)[C@@]4(C)C[C@H](O)[C@]3(F)[C@@]2(C)C=CC1=O. The van der Waals surface area contributed by atoms with Crippen LogP contribution < -0.4 is 0 Å². The average Bonchev–Trinajstić information content (AvgIpc) is 2.91. The molecule has 0 unspecified atom stereocenters. The number of rotatable bonds is 2. The Morgan fingerprint density at radius 2 is 1.81 bits per heavy atom. The summed E-state index contributed by atoms with van der Waals surface area (Å²) < 4.78 is 17.4. The lowest BCUT2D eigenvalue weighted by Crippen LogP contribution is -2.71. The van der Waals surface area contributed by atoms with Gasteiger partial charge >= 0.3 is 0 Å². The molecule has 0 spiro atoms. The third kappa shape index (κ3) is 2.62. The molecule has 3 saturated carbocycles. The van der Waals surface area contributed by atoms with Gasteiger partial charge in [-0.15, -0.1) is 0 Å². The van der Waals surface area contributed by atoms with Gasteiger partial charge in [-0.2, -0.15) is 0 Å². The minimum absolute atomic E-state index is 0.0902. The topological polar surface area (TPSA) is 94.8 Å². The van der Waals surface area contributed by atoms with Crippen molar-refractivity contribution < 1.29 is 29.3 Å². The third-order valence-electron chi connectivity index (χ3n) is 9.67. The van der Waals surface area contributed by atoms with Crippen molar-refractivity contribution in [3.05, 3.63) is 23.2 Å². The van der Waals surface area contributed by atoms with E-state index >= 15 is 4.39 Å². The molecule has 4 aliphatic carbocycles. The van der Waals surface area contributed by atoms with Crippen LogP contribution in [0.25, 0.3) is 0 Å². The van der Waals surface area contributed by atoms with Crippen LogP contribution in [0.3, 0.4) is 0 Å². The maximum atomic E-state index is 17.4. The number of hydrogen-bond acceptors (Lipinski definition) is 5. The lowest BCUT2D eigenvalue weighted by Gasteiger charge is -2.66. The number of carbonyl (C=O) groups excluding carboxylic acids is 2. The van der Waals surface area contributed by atoms with Crippen molar-refractivity contribution in [2.45, 2.75) is 67.5 Å². The Morgan fingerprint density at radius 3 is 2.38 bits per heavy atom. The van der Waals surface area contributed by atoms with Crippen molar-refractivity contribution in [1.29, 1.82) is 0 Å². The van der Waals surface area contributed by atoms with Crippen LogP contribution in [0, 0.1) is 22.7 Å². The third-order valence-corrected chi connectivity index (χ3v) is 9.67. The van der Waals surface area contributed by atoms with Crippen LogP contribution in [-0.4, -0.2) is 88.9 Å². The zero-order valence-electron chi connectivity index (χ0n) is 20.3. The predicted molar refractivity (Wildman–Crippen MR) is 133 cm³/mol. The highest BCUT2D eigenvalue weighted by atomic mass is 19.1. The molecule has 0 aliphatic heterocycles. The molecule has 5 nitrogen and oxygen atoms in total. The van der Waals surface area contributed by atoms with Crippen molar-refractivity contribution in [1.82, 2.24) is 0 Å². The quantitative estimate of drug-likeness (QED) is 0.390. The molecule has 11 heteroatoms. The Labute approximate surface area is 193 Å². The molecule has 0 aromatic heterocycles. The van der Waals surface area contributed by atoms with Gasteiger partial charge in [0.1, 0.15) is 44.8 Å². The number of aliphatic hydroxyl groups excluding tert-OH is 1. The molecule has 4 aliphatic rings. The van der Waals surface area contributed by atoms with E-state index in [0.29, 0.717) is 18.3 Å². The summed E-state index contributed by atoms with van der Waals surface area (Å²) >= 11 is 0. The van der Waals surface area contributed by atoms with Gasteiger partial charge in [0.15, 0.2) is 17.2 Å². The number of hydrogen-bond donors (Lipinski definition) is 3. The highest BCUT2D eigenvalue weighted by Crippen LogP contribution is 2.73. The predicted octanol–water partition coefficient (Wildman–Crippen LogP) is -3.48. The van der Waals surface area contributed by atoms with E-state index in [1.54, 1.807) is 27.8 Å². The summed E-state index contributed by atoms with van der Waals surface area (Å²) in [5.74, 6) is -1.77. The lowest BCUT2D eigenvalue weighted by atomic mass is 9.32. The highest BCUT2D eigenvalue weighted by Gasteiger charge is 2.76. The summed E-state index contributed by atoms with van der Waals surface area (Å²) in [6.45, 7) is 3.54. The van der Waals surface area contributed by atoms with Crippen LogP contribution in [0.4, 0.5) is 4.39 Å². The van der Waals surface area contributed by atoms with E-state index in [9.17, 15) is 24.9 Å². The van der Waals surface area contributed by atoms with Gasteiger partial charge in [0, 0.05) is 10.8 Å². The fourth-order valence-electron chi connectivity index (χ4n) is 8.38. The zero-order chi connectivity index (χ0) is 24.3. The number of fused-ring (bicyclic) bond motifs is 5.